The molecule has 4 heterocycles. The molecule has 4 saturated heterocycles. The summed E-state index contributed by atoms with van der Waals surface area (Å²) in [6.45, 7) is 3.70. The third-order valence-electron chi connectivity index (χ3n) is 6.74. The second kappa shape index (κ2) is 8.18. The van der Waals surface area contributed by atoms with Gasteiger partial charge < -0.3 is 19.9 Å². The molecule has 1 N–H and O–H groups in total. The minimum Gasteiger partial charge on any atom is -0.374 e. The molecule has 0 radical (unpaired) electrons. The number of likely N-dealkylation sites (tertiary alicyclic amines) is 1. The molecule has 1 amide bonds. The van der Waals surface area contributed by atoms with Crippen LogP contribution >= 0.6 is 24.0 Å². The summed E-state index contributed by atoms with van der Waals surface area (Å²) in [5.74, 6) is 2.58. The highest BCUT2D eigenvalue weighted by Crippen LogP contribution is 2.47. The average molecular weight is 496 g/mol. The van der Waals surface area contributed by atoms with Crippen molar-refractivity contribution >= 4 is 41.5 Å². The van der Waals surface area contributed by atoms with Gasteiger partial charge in [0.15, 0.2) is 5.96 Å². The van der Waals surface area contributed by atoms with Crippen molar-refractivity contribution in [1.29, 1.82) is 0 Å². The summed E-state index contributed by atoms with van der Waals surface area (Å²) in [7, 11) is 1.86. The van der Waals surface area contributed by atoms with Crippen molar-refractivity contribution in [3.8, 4) is 0 Å². The molecule has 0 aromatic heterocycles. The number of carbonyl (C=O) groups is 1. The number of fused-ring (bicyclic) bond motifs is 5. The van der Waals surface area contributed by atoms with Crippen molar-refractivity contribution in [2.45, 2.75) is 44.4 Å². The van der Waals surface area contributed by atoms with Crippen LogP contribution in [-0.2, 0) is 16.1 Å². The Labute approximate surface area is 183 Å². The Morgan fingerprint density at radius 2 is 1.86 bits per heavy atom. The van der Waals surface area contributed by atoms with Gasteiger partial charge in [0.1, 0.15) is 0 Å². The zero-order chi connectivity index (χ0) is 18.4. The molecule has 0 spiro atoms. The Hall–Kier alpha value is -1.35. The third-order valence-corrected chi connectivity index (χ3v) is 6.74. The first-order valence-electron chi connectivity index (χ1n) is 10.2. The van der Waals surface area contributed by atoms with Crippen molar-refractivity contribution in [3.63, 3.8) is 0 Å². The summed E-state index contributed by atoms with van der Waals surface area (Å²) in [6, 6.07) is 8.32. The maximum absolute atomic E-state index is 11.9. The van der Waals surface area contributed by atoms with E-state index in [2.05, 4.69) is 39.5 Å². The van der Waals surface area contributed by atoms with Gasteiger partial charge in [-0.05, 0) is 37.0 Å². The number of carbonyl (C=O) groups excluding carboxylic acids is 1. The second-order valence-electron chi connectivity index (χ2n) is 8.24. The molecule has 5 rings (SSSR count). The molecule has 2 bridgehead atoms. The highest BCUT2D eigenvalue weighted by Gasteiger charge is 2.53. The largest absolute Gasteiger partial charge is 0.374 e. The van der Waals surface area contributed by atoms with E-state index in [1.165, 1.54) is 18.4 Å². The number of guanidine groups is 1. The van der Waals surface area contributed by atoms with Gasteiger partial charge in [-0.15, -0.1) is 24.0 Å². The zero-order valence-corrected chi connectivity index (χ0v) is 18.7. The molecule has 152 valence electrons. The summed E-state index contributed by atoms with van der Waals surface area (Å²) in [6.07, 6.45) is 5.05. The van der Waals surface area contributed by atoms with Crippen LogP contribution in [0.3, 0.4) is 0 Å². The van der Waals surface area contributed by atoms with Gasteiger partial charge in [-0.1, -0.05) is 12.1 Å². The minimum absolute atomic E-state index is 0. The van der Waals surface area contributed by atoms with Crippen molar-refractivity contribution in [2.75, 3.05) is 31.6 Å². The lowest BCUT2D eigenvalue weighted by Crippen LogP contribution is -2.41. The number of amides is 1. The Kier molecular flexibility index (Phi) is 5.83. The van der Waals surface area contributed by atoms with E-state index < -0.39 is 0 Å². The van der Waals surface area contributed by atoms with Crippen LogP contribution < -0.4 is 10.2 Å². The number of benzene rings is 1. The Bertz CT molecular complexity index is 735. The lowest BCUT2D eigenvalue weighted by atomic mass is 9.82. The quantitative estimate of drug-likeness (QED) is 0.397. The molecule has 4 fully saturated rings. The summed E-state index contributed by atoms with van der Waals surface area (Å²) >= 11 is 0. The normalized spacial score (nSPS) is 31.3. The molecule has 4 atom stereocenters. The fourth-order valence-electron chi connectivity index (χ4n) is 5.36. The van der Waals surface area contributed by atoms with Crippen molar-refractivity contribution < 1.29 is 9.53 Å². The van der Waals surface area contributed by atoms with Crippen LogP contribution in [0.25, 0.3) is 0 Å². The number of rotatable bonds is 3. The van der Waals surface area contributed by atoms with Gasteiger partial charge in [0, 0.05) is 57.2 Å². The second-order valence-corrected chi connectivity index (χ2v) is 8.24. The number of hydrogen-bond acceptors (Lipinski definition) is 3. The molecule has 28 heavy (non-hydrogen) atoms. The van der Waals surface area contributed by atoms with Crippen molar-refractivity contribution in [3.05, 3.63) is 29.8 Å². The van der Waals surface area contributed by atoms with Crippen LogP contribution in [0, 0.1) is 11.8 Å². The first kappa shape index (κ1) is 19.9. The van der Waals surface area contributed by atoms with Crippen LogP contribution in [-0.4, -0.2) is 55.7 Å². The van der Waals surface area contributed by atoms with E-state index in [9.17, 15) is 4.79 Å². The van der Waals surface area contributed by atoms with E-state index in [0.29, 0.717) is 30.5 Å². The van der Waals surface area contributed by atoms with Gasteiger partial charge in [-0.3, -0.25) is 9.79 Å². The molecule has 4 aliphatic heterocycles. The number of halogens is 1. The number of nitrogens with zero attached hydrogens (tertiary/aromatic N) is 3. The van der Waals surface area contributed by atoms with Crippen LogP contribution in [0.15, 0.2) is 29.3 Å². The fourth-order valence-corrected chi connectivity index (χ4v) is 5.36. The molecule has 0 aliphatic carbocycles. The van der Waals surface area contributed by atoms with E-state index in [0.717, 1.165) is 44.2 Å². The minimum atomic E-state index is 0. The maximum Gasteiger partial charge on any atom is 0.227 e. The van der Waals surface area contributed by atoms with Gasteiger partial charge in [-0.2, -0.15) is 0 Å². The highest BCUT2D eigenvalue weighted by atomic mass is 127. The monoisotopic (exact) mass is 496 g/mol. The van der Waals surface area contributed by atoms with E-state index in [4.69, 9.17) is 4.74 Å². The smallest absolute Gasteiger partial charge is 0.227 e. The first-order valence-corrected chi connectivity index (χ1v) is 10.2. The van der Waals surface area contributed by atoms with Crippen LogP contribution in [0.2, 0.25) is 0 Å². The van der Waals surface area contributed by atoms with Crippen LogP contribution in [0.5, 0.6) is 0 Å². The van der Waals surface area contributed by atoms with Crippen molar-refractivity contribution in [2.24, 2.45) is 16.8 Å². The van der Waals surface area contributed by atoms with Crippen LogP contribution in [0.4, 0.5) is 5.69 Å². The predicted molar refractivity (Wildman–Crippen MR) is 120 cm³/mol. The summed E-state index contributed by atoms with van der Waals surface area (Å²) in [5.41, 5.74) is 2.21. The van der Waals surface area contributed by atoms with E-state index in [1.54, 1.807) is 0 Å². The molecule has 1 aromatic carbocycles. The zero-order valence-electron chi connectivity index (χ0n) is 16.3. The molecule has 0 saturated carbocycles. The number of nitrogens with one attached hydrogen (secondary N) is 1. The van der Waals surface area contributed by atoms with Crippen LogP contribution in [0.1, 0.15) is 31.2 Å². The molecular formula is C21H29IN4O2. The topological polar surface area (TPSA) is 57.2 Å². The lowest BCUT2D eigenvalue weighted by Gasteiger charge is -2.23. The maximum atomic E-state index is 11.9. The molecular weight excluding hydrogens is 467 g/mol. The van der Waals surface area contributed by atoms with Gasteiger partial charge in [-0.25, -0.2) is 0 Å². The molecule has 6 nitrogen and oxygen atoms in total. The lowest BCUT2D eigenvalue weighted by molar-refractivity contribution is -0.117. The number of anilines is 1. The standard InChI is InChI=1S/C21H28N4O2.HI/c1-22-21(24-12-16-17(13-24)19-9-8-18(16)27-19)23-11-14-4-6-15(7-5-14)25-10-2-3-20(25)26;/h4-7,16-19H,2-3,8-13H2,1H3,(H,22,23);1H. The Morgan fingerprint density at radius 1 is 1.18 bits per heavy atom. The number of aliphatic imine (C=N–C) groups is 1. The number of hydrogen-bond donors (Lipinski definition) is 1. The summed E-state index contributed by atoms with van der Waals surface area (Å²) in [4.78, 5) is 20.7. The van der Waals surface area contributed by atoms with E-state index in [1.807, 2.05) is 11.9 Å². The Morgan fingerprint density at radius 3 is 2.43 bits per heavy atom. The molecule has 7 heteroatoms. The summed E-state index contributed by atoms with van der Waals surface area (Å²) < 4.78 is 6.08. The SMILES string of the molecule is CN=C(NCc1ccc(N2CCCC2=O)cc1)N1CC2C3CCC(O3)C2C1.I. The number of ether oxygens (including phenoxy) is 1. The fraction of sp³-hybridized carbons (Fsp3) is 0.619. The highest BCUT2D eigenvalue weighted by molar-refractivity contribution is 14.0. The van der Waals surface area contributed by atoms with Gasteiger partial charge >= 0.3 is 0 Å². The van der Waals surface area contributed by atoms with Gasteiger partial charge in [0.05, 0.1) is 12.2 Å². The first-order chi connectivity index (χ1) is 13.2. The van der Waals surface area contributed by atoms with E-state index >= 15 is 0 Å². The molecule has 4 unspecified atom stereocenters. The van der Waals surface area contributed by atoms with Gasteiger partial charge in [0.25, 0.3) is 0 Å². The van der Waals surface area contributed by atoms with Crippen molar-refractivity contribution in [1.82, 2.24) is 10.2 Å². The average Bonchev–Trinajstić information content (AvgIpc) is 3.45. The third kappa shape index (κ3) is 3.51. The predicted octanol–water partition coefficient (Wildman–Crippen LogP) is 2.62. The van der Waals surface area contributed by atoms with Gasteiger partial charge in [0.2, 0.25) is 5.91 Å². The van der Waals surface area contributed by atoms with E-state index in [-0.39, 0.29) is 29.9 Å². The summed E-state index contributed by atoms with van der Waals surface area (Å²) in [5, 5.41) is 3.52. The molecule has 4 aliphatic rings. The Balaban J connectivity index is 0.00000192. The molecule has 1 aromatic rings.